The monoisotopic (exact) mass is 408 g/mol. The lowest BCUT2D eigenvalue weighted by Crippen LogP contribution is -2.39. The van der Waals surface area contributed by atoms with Gasteiger partial charge in [0.2, 0.25) is 0 Å². The Balaban J connectivity index is 2.11. The first-order valence-electron chi connectivity index (χ1n) is 10.1. The largest absolute Gasteiger partial charge is 0.389 e. The predicted molar refractivity (Wildman–Crippen MR) is 125 cm³/mol. The summed E-state index contributed by atoms with van der Waals surface area (Å²) in [5, 5.41) is 16.1. The Hall–Kier alpha value is -3.06. The number of allylic oxidation sites excluding steroid dienone is 3. The molecule has 30 heavy (non-hydrogen) atoms. The predicted octanol–water partition coefficient (Wildman–Crippen LogP) is 2.67. The smallest absolute Gasteiger partial charge is 0.124 e. The quantitative estimate of drug-likeness (QED) is 0.605. The van der Waals surface area contributed by atoms with Crippen molar-refractivity contribution in [2.45, 2.75) is 39.0 Å². The number of aliphatic hydroxyl groups excluding tert-OH is 1. The van der Waals surface area contributed by atoms with E-state index in [2.05, 4.69) is 27.2 Å². The van der Waals surface area contributed by atoms with Crippen LogP contribution in [0.2, 0.25) is 0 Å². The van der Waals surface area contributed by atoms with Gasteiger partial charge in [0.05, 0.1) is 31.2 Å². The Bertz CT molecular complexity index is 835. The van der Waals surface area contributed by atoms with Crippen LogP contribution < -0.4 is 10.6 Å². The third-order valence-electron chi connectivity index (χ3n) is 4.24. The van der Waals surface area contributed by atoms with E-state index in [4.69, 9.17) is 9.98 Å². The van der Waals surface area contributed by atoms with Gasteiger partial charge in [-0.1, -0.05) is 36.9 Å². The highest BCUT2D eigenvalue weighted by Gasteiger charge is 2.17. The van der Waals surface area contributed by atoms with Gasteiger partial charge in [-0.3, -0.25) is 20.0 Å². The fraction of sp³-hybridized carbons (Fsp3) is 0.391. The molecule has 2 heterocycles. The van der Waals surface area contributed by atoms with Crippen molar-refractivity contribution in [3.8, 4) is 0 Å². The number of pyridine rings is 1. The molecule has 0 spiro atoms. The summed E-state index contributed by atoms with van der Waals surface area (Å²) in [6, 6.07) is 3.89. The first-order chi connectivity index (χ1) is 14.4. The first-order valence-corrected chi connectivity index (χ1v) is 10.1. The van der Waals surface area contributed by atoms with Gasteiger partial charge >= 0.3 is 0 Å². The summed E-state index contributed by atoms with van der Waals surface area (Å²) in [5.41, 5.74) is 2.40. The van der Waals surface area contributed by atoms with E-state index in [0.717, 1.165) is 29.1 Å². The Labute approximate surface area is 179 Å². The molecule has 160 valence electrons. The van der Waals surface area contributed by atoms with Crippen LogP contribution in [0.15, 0.2) is 76.0 Å². The van der Waals surface area contributed by atoms with Gasteiger partial charge in [0, 0.05) is 24.5 Å². The molecular formula is C23H32N6O. The number of nitrogens with zero attached hydrogens (tertiary/aromatic N) is 4. The zero-order valence-electron chi connectivity index (χ0n) is 18.0. The maximum absolute atomic E-state index is 9.45. The fourth-order valence-electron chi connectivity index (χ4n) is 2.75. The molecule has 0 bridgehead atoms. The van der Waals surface area contributed by atoms with Crippen molar-refractivity contribution in [1.29, 1.82) is 0 Å². The number of rotatable bonds is 7. The Morgan fingerprint density at radius 1 is 1.40 bits per heavy atom. The molecule has 3 N–H and O–H groups in total. The van der Waals surface area contributed by atoms with Crippen molar-refractivity contribution in [2.75, 3.05) is 19.6 Å². The van der Waals surface area contributed by atoms with Crippen LogP contribution in [-0.2, 0) is 0 Å². The molecule has 1 aromatic heterocycles. The molecule has 0 aliphatic carbocycles. The van der Waals surface area contributed by atoms with Crippen LogP contribution in [0.4, 0.5) is 0 Å². The fourth-order valence-corrected chi connectivity index (χ4v) is 2.75. The van der Waals surface area contributed by atoms with Crippen LogP contribution in [0.5, 0.6) is 0 Å². The van der Waals surface area contributed by atoms with Crippen LogP contribution in [0, 0.1) is 0 Å². The van der Waals surface area contributed by atoms with Crippen LogP contribution in [0.1, 0.15) is 32.8 Å². The molecule has 7 heteroatoms. The third-order valence-corrected chi connectivity index (χ3v) is 4.24. The molecule has 0 fully saturated rings. The average molecular weight is 409 g/mol. The molecule has 1 atom stereocenters. The molecule has 2 rings (SSSR count). The average Bonchev–Trinajstić information content (AvgIpc) is 2.72. The number of hydrogen-bond acceptors (Lipinski definition) is 7. The molecule has 0 radical (unpaired) electrons. The standard InChI is InChI=1S/C23H32N6O/c1-5-7-19(10-9-18(2)30)11-13-26-22-16-25-17-28-23(3,4)29-21(15-27-22)20-8-6-12-24-14-20/h5-10,12,14,17-18,30H,1,11,13,15-16H2,2-4H3,(H,25,28)(H,26,27)/b10-9-,19-7+,29-21?. The summed E-state index contributed by atoms with van der Waals surface area (Å²) in [6.07, 6.45) is 12.9. The van der Waals surface area contributed by atoms with Gasteiger partial charge in [-0.25, -0.2) is 0 Å². The van der Waals surface area contributed by atoms with Gasteiger partial charge in [0.25, 0.3) is 0 Å². The topological polar surface area (TPSA) is 94.3 Å². The SMILES string of the molecule is C=C/C=C(\C=C/C(C)O)CCNC1=NCC(c2cccnc2)=NC(C)(C)NC=NC1. The Kier molecular flexibility index (Phi) is 9.15. The van der Waals surface area contributed by atoms with Crippen LogP contribution in [0.25, 0.3) is 0 Å². The molecule has 0 saturated carbocycles. The summed E-state index contributed by atoms with van der Waals surface area (Å²) < 4.78 is 0. The number of aliphatic imine (C=N–C) groups is 3. The van der Waals surface area contributed by atoms with Gasteiger partial charge in [-0.2, -0.15) is 0 Å². The Morgan fingerprint density at radius 2 is 2.23 bits per heavy atom. The number of nitrogens with one attached hydrogen (secondary N) is 2. The lowest BCUT2D eigenvalue weighted by atomic mass is 10.1. The summed E-state index contributed by atoms with van der Waals surface area (Å²) >= 11 is 0. The maximum atomic E-state index is 9.45. The summed E-state index contributed by atoms with van der Waals surface area (Å²) in [7, 11) is 0. The molecule has 7 nitrogen and oxygen atoms in total. The van der Waals surface area contributed by atoms with Crippen LogP contribution >= 0.6 is 0 Å². The van der Waals surface area contributed by atoms with Gasteiger partial charge in [-0.15, -0.1) is 0 Å². The minimum atomic E-state index is -0.490. The number of amidine groups is 1. The number of hydrogen-bond donors (Lipinski definition) is 3. The van der Waals surface area contributed by atoms with Crippen molar-refractivity contribution in [3.05, 3.63) is 66.5 Å². The zero-order valence-corrected chi connectivity index (χ0v) is 18.0. The first kappa shape index (κ1) is 23.2. The highest BCUT2D eigenvalue weighted by molar-refractivity contribution is 6.03. The van der Waals surface area contributed by atoms with Crippen molar-refractivity contribution in [1.82, 2.24) is 15.6 Å². The molecular weight excluding hydrogens is 376 g/mol. The van der Waals surface area contributed by atoms with Crippen molar-refractivity contribution in [2.24, 2.45) is 15.0 Å². The summed E-state index contributed by atoms with van der Waals surface area (Å²) in [6.45, 7) is 11.0. The number of aromatic nitrogens is 1. The normalized spacial score (nSPS) is 18.2. The second-order valence-corrected chi connectivity index (χ2v) is 7.49. The second kappa shape index (κ2) is 11.8. The van der Waals surface area contributed by atoms with Gasteiger partial charge in [0.1, 0.15) is 11.5 Å². The molecule has 0 saturated heterocycles. The molecule has 0 aromatic carbocycles. The van der Waals surface area contributed by atoms with E-state index in [1.807, 2.05) is 38.1 Å². The van der Waals surface area contributed by atoms with E-state index in [-0.39, 0.29) is 0 Å². The van der Waals surface area contributed by atoms with E-state index in [9.17, 15) is 5.11 Å². The van der Waals surface area contributed by atoms with Crippen LogP contribution in [0.3, 0.4) is 0 Å². The zero-order chi connectivity index (χ0) is 21.8. The molecule has 1 aliphatic heterocycles. The van der Waals surface area contributed by atoms with E-state index in [0.29, 0.717) is 19.6 Å². The van der Waals surface area contributed by atoms with E-state index < -0.39 is 11.8 Å². The van der Waals surface area contributed by atoms with Crippen LogP contribution in [-0.4, -0.2) is 59.4 Å². The lowest BCUT2D eigenvalue weighted by Gasteiger charge is -2.23. The van der Waals surface area contributed by atoms with Gasteiger partial charge in [-0.05, 0) is 38.8 Å². The van der Waals surface area contributed by atoms with E-state index in [1.54, 1.807) is 37.8 Å². The number of aliphatic hydroxyl groups is 1. The second-order valence-electron chi connectivity index (χ2n) is 7.49. The molecule has 0 amide bonds. The minimum Gasteiger partial charge on any atom is -0.389 e. The maximum Gasteiger partial charge on any atom is 0.124 e. The van der Waals surface area contributed by atoms with E-state index >= 15 is 0 Å². The van der Waals surface area contributed by atoms with Crippen molar-refractivity contribution < 1.29 is 5.11 Å². The molecule has 1 aliphatic rings. The summed E-state index contributed by atoms with van der Waals surface area (Å²) in [4.78, 5) is 18.2. The van der Waals surface area contributed by atoms with Gasteiger partial charge < -0.3 is 15.7 Å². The van der Waals surface area contributed by atoms with Crippen molar-refractivity contribution in [3.63, 3.8) is 0 Å². The van der Waals surface area contributed by atoms with E-state index in [1.165, 1.54) is 0 Å². The lowest BCUT2D eigenvalue weighted by molar-refractivity contribution is 0.244. The third kappa shape index (κ3) is 8.53. The molecule has 1 aromatic rings. The highest BCUT2D eigenvalue weighted by atomic mass is 16.3. The molecule has 1 unspecified atom stereocenters. The summed E-state index contributed by atoms with van der Waals surface area (Å²) in [5.74, 6) is 0.793. The van der Waals surface area contributed by atoms with Crippen molar-refractivity contribution >= 4 is 17.9 Å². The van der Waals surface area contributed by atoms with Gasteiger partial charge in [0.15, 0.2) is 0 Å². The highest BCUT2D eigenvalue weighted by Crippen LogP contribution is 2.10. The Morgan fingerprint density at radius 3 is 2.93 bits per heavy atom. The minimum absolute atomic E-state index is 0.436.